The summed E-state index contributed by atoms with van der Waals surface area (Å²) in [4.78, 5) is 40.4. The maximum atomic E-state index is 13.1. The van der Waals surface area contributed by atoms with Gasteiger partial charge in [-0.05, 0) is 37.1 Å². The van der Waals surface area contributed by atoms with Gasteiger partial charge >= 0.3 is 6.03 Å². The summed E-state index contributed by atoms with van der Waals surface area (Å²) >= 11 is 0. The largest absolute Gasteiger partial charge is 0.325 e. The molecule has 1 aromatic rings. The van der Waals surface area contributed by atoms with Crippen LogP contribution in [0.3, 0.4) is 0 Å². The van der Waals surface area contributed by atoms with Crippen molar-refractivity contribution in [3.63, 3.8) is 0 Å². The molecule has 0 aromatic heterocycles. The van der Waals surface area contributed by atoms with Crippen LogP contribution in [0.4, 0.5) is 14.9 Å². The van der Waals surface area contributed by atoms with Crippen LogP contribution in [0.5, 0.6) is 0 Å². The topological polar surface area (TPSA) is 69.7 Å². The highest BCUT2D eigenvalue weighted by Gasteiger charge is 2.52. The molecular formula is C19H22FN3O3. The summed E-state index contributed by atoms with van der Waals surface area (Å²) in [5.41, 5.74) is -0.0888. The second-order valence-corrected chi connectivity index (χ2v) is 7.54. The van der Waals surface area contributed by atoms with E-state index >= 15 is 0 Å². The highest BCUT2D eigenvalue weighted by atomic mass is 19.1. The Morgan fingerprint density at radius 1 is 1.08 bits per heavy atom. The number of urea groups is 1. The van der Waals surface area contributed by atoms with Crippen LogP contribution in [0.15, 0.2) is 24.3 Å². The van der Waals surface area contributed by atoms with Gasteiger partial charge in [-0.25, -0.2) is 9.18 Å². The molecule has 4 amide bonds. The summed E-state index contributed by atoms with van der Waals surface area (Å²) in [7, 11) is 0. The van der Waals surface area contributed by atoms with Gasteiger partial charge in [0.1, 0.15) is 11.4 Å². The highest BCUT2D eigenvalue weighted by Crippen LogP contribution is 2.35. The molecule has 1 spiro atoms. The molecule has 138 valence electrons. The molecule has 6 nitrogen and oxygen atoms in total. The minimum Gasteiger partial charge on any atom is -0.323 e. The second kappa shape index (κ2) is 6.37. The van der Waals surface area contributed by atoms with E-state index in [0.29, 0.717) is 25.1 Å². The lowest BCUT2D eigenvalue weighted by Gasteiger charge is -2.30. The van der Waals surface area contributed by atoms with Crippen molar-refractivity contribution in [3.05, 3.63) is 30.1 Å². The van der Waals surface area contributed by atoms with Crippen LogP contribution in [0, 0.1) is 11.7 Å². The van der Waals surface area contributed by atoms with E-state index in [1.807, 2.05) is 0 Å². The van der Waals surface area contributed by atoms with Crippen LogP contribution < -0.4 is 10.2 Å². The van der Waals surface area contributed by atoms with Gasteiger partial charge in [0.2, 0.25) is 5.91 Å². The van der Waals surface area contributed by atoms with Crippen molar-refractivity contribution in [1.29, 1.82) is 0 Å². The van der Waals surface area contributed by atoms with Crippen LogP contribution in [-0.2, 0) is 9.59 Å². The first-order valence-corrected chi connectivity index (χ1v) is 9.19. The van der Waals surface area contributed by atoms with Crippen molar-refractivity contribution in [2.75, 3.05) is 18.0 Å². The van der Waals surface area contributed by atoms with Crippen molar-refractivity contribution in [2.24, 2.45) is 5.92 Å². The minimum atomic E-state index is -0.728. The summed E-state index contributed by atoms with van der Waals surface area (Å²) in [5, 5.41) is 2.90. The summed E-state index contributed by atoms with van der Waals surface area (Å²) in [6.07, 6.45) is 4.65. The number of nitrogens with zero attached hydrogens (tertiary/aromatic N) is 2. The average Bonchev–Trinajstić information content (AvgIpc) is 3.10. The Bertz CT molecular complexity index is 743. The highest BCUT2D eigenvalue weighted by molar-refractivity contribution is 6.07. The zero-order chi connectivity index (χ0) is 18.3. The van der Waals surface area contributed by atoms with Gasteiger partial charge in [-0.3, -0.25) is 14.5 Å². The van der Waals surface area contributed by atoms with Crippen molar-refractivity contribution < 1.29 is 18.8 Å². The van der Waals surface area contributed by atoms with Crippen LogP contribution in [0.25, 0.3) is 0 Å². The molecule has 3 aliphatic rings. The number of hydrogen-bond acceptors (Lipinski definition) is 3. The molecule has 2 saturated heterocycles. The molecule has 3 fully saturated rings. The number of amides is 4. The number of carbonyl (C=O) groups is 3. The first kappa shape index (κ1) is 17.0. The van der Waals surface area contributed by atoms with Crippen LogP contribution >= 0.6 is 0 Å². The Morgan fingerprint density at radius 3 is 2.46 bits per heavy atom. The predicted octanol–water partition coefficient (Wildman–Crippen LogP) is 2.43. The van der Waals surface area contributed by atoms with Crippen molar-refractivity contribution in [3.8, 4) is 0 Å². The van der Waals surface area contributed by atoms with Crippen LogP contribution in [0.2, 0.25) is 0 Å². The second-order valence-electron chi connectivity index (χ2n) is 7.54. The van der Waals surface area contributed by atoms with Crippen LogP contribution in [-0.4, -0.2) is 41.4 Å². The molecule has 1 saturated carbocycles. The molecule has 1 unspecified atom stereocenters. The third kappa shape index (κ3) is 2.85. The SMILES string of the molecule is O=C1NC2(CCCCC2)C(=O)N1CC1CC(=O)N(c2ccc(F)cc2)C1. The standard InChI is InChI=1S/C19H22FN3O3/c20-14-4-6-15(7-5-14)22-11-13(10-16(22)24)12-23-17(25)19(21-18(23)26)8-2-1-3-9-19/h4-7,13H,1-3,8-12H2,(H,21,26). The number of hydrogen-bond donors (Lipinski definition) is 1. The van der Waals surface area contributed by atoms with E-state index in [0.717, 1.165) is 19.3 Å². The molecule has 2 heterocycles. The number of imide groups is 1. The van der Waals surface area contributed by atoms with Gasteiger partial charge in [-0.1, -0.05) is 19.3 Å². The molecule has 26 heavy (non-hydrogen) atoms. The number of nitrogens with one attached hydrogen (secondary N) is 1. The van der Waals surface area contributed by atoms with Crippen molar-refractivity contribution in [1.82, 2.24) is 10.2 Å². The maximum absolute atomic E-state index is 13.1. The van der Waals surface area contributed by atoms with Crippen molar-refractivity contribution >= 4 is 23.5 Å². The fourth-order valence-corrected chi connectivity index (χ4v) is 4.37. The monoisotopic (exact) mass is 359 g/mol. The molecule has 1 atom stereocenters. The lowest BCUT2D eigenvalue weighted by Crippen LogP contribution is -2.48. The Morgan fingerprint density at radius 2 is 1.77 bits per heavy atom. The number of benzene rings is 1. The van der Waals surface area contributed by atoms with Gasteiger partial charge in [0.15, 0.2) is 0 Å². The Balaban J connectivity index is 1.45. The lowest BCUT2D eigenvalue weighted by molar-refractivity contribution is -0.133. The van der Waals surface area contributed by atoms with Gasteiger partial charge in [0.05, 0.1) is 0 Å². The molecule has 1 N–H and O–H groups in total. The first-order chi connectivity index (χ1) is 12.5. The van der Waals surface area contributed by atoms with Gasteiger partial charge in [0, 0.05) is 31.1 Å². The fourth-order valence-electron chi connectivity index (χ4n) is 4.37. The van der Waals surface area contributed by atoms with Crippen molar-refractivity contribution in [2.45, 2.75) is 44.1 Å². The number of anilines is 1. The Kier molecular flexibility index (Phi) is 4.17. The Hall–Kier alpha value is -2.44. The zero-order valence-electron chi connectivity index (χ0n) is 14.5. The molecule has 1 aliphatic carbocycles. The van der Waals surface area contributed by atoms with E-state index in [1.54, 1.807) is 17.0 Å². The lowest BCUT2D eigenvalue weighted by atomic mass is 9.81. The molecule has 7 heteroatoms. The molecule has 2 aliphatic heterocycles. The molecular weight excluding hydrogens is 337 g/mol. The number of rotatable bonds is 3. The van der Waals surface area contributed by atoms with Gasteiger partial charge in [0.25, 0.3) is 5.91 Å². The minimum absolute atomic E-state index is 0.0685. The molecule has 0 bridgehead atoms. The van der Waals surface area contributed by atoms with E-state index in [4.69, 9.17) is 0 Å². The van der Waals surface area contributed by atoms with E-state index in [9.17, 15) is 18.8 Å². The number of carbonyl (C=O) groups excluding carboxylic acids is 3. The number of halogens is 1. The van der Waals surface area contributed by atoms with Gasteiger partial charge in [-0.2, -0.15) is 0 Å². The van der Waals surface area contributed by atoms with Crippen LogP contribution in [0.1, 0.15) is 38.5 Å². The fraction of sp³-hybridized carbons (Fsp3) is 0.526. The van der Waals surface area contributed by atoms with E-state index in [-0.39, 0.29) is 42.5 Å². The summed E-state index contributed by atoms with van der Waals surface area (Å²) < 4.78 is 13.1. The average molecular weight is 359 g/mol. The van der Waals surface area contributed by atoms with E-state index < -0.39 is 5.54 Å². The summed E-state index contributed by atoms with van der Waals surface area (Å²) in [5.74, 6) is -0.675. The van der Waals surface area contributed by atoms with Gasteiger partial charge < -0.3 is 10.2 Å². The first-order valence-electron chi connectivity index (χ1n) is 9.19. The third-order valence-electron chi connectivity index (χ3n) is 5.74. The summed E-state index contributed by atoms with van der Waals surface area (Å²) in [6, 6.07) is 5.44. The Labute approximate surface area is 151 Å². The van der Waals surface area contributed by atoms with E-state index in [1.165, 1.54) is 17.0 Å². The zero-order valence-corrected chi connectivity index (χ0v) is 14.5. The molecule has 1 aromatic carbocycles. The van der Waals surface area contributed by atoms with Gasteiger partial charge in [-0.15, -0.1) is 0 Å². The van der Waals surface area contributed by atoms with E-state index in [2.05, 4.69) is 5.32 Å². The maximum Gasteiger partial charge on any atom is 0.325 e. The smallest absolute Gasteiger partial charge is 0.323 e. The molecule has 4 rings (SSSR count). The normalized spacial score (nSPS) is 25.3. The quantitative estimate of drug-likeness (QED) is 0.843. The molecule has 0 radical (unpaired) electrons. The summed E-state index contributed by atoms with van der Waals surface area (Å²) in [6.45, 7) is 0.671. The third-order valence-corrected chi connectivity index (χ3v) is 5.74. The predicted molar refractivity (Wildman–Crippen MR) is 92.9 cm³/mol.